The number of methoxy groups -OCH3 is 1. The Balaban J connectivity index is 2.10. The number of anilines is 1. The molecule has 2 aromatic rings. The minimum atomic E-state index is -1.04. The number of rotatable bonds is 6. The summed E-state index contributed by atoms with van der Waals surface area (Å²) in [6.45, 7) is 0. The van der Waals surface area contributed by atoms with E-state index in [2.05, 4.69) is 15.4 Å². The number of ether oxygens (including phenoxy) is 1. The first-order chi connectivity index (χ1) is 11.6. The third-order valence-electron chi connectivity index (χ3n) is 3.30. The van der Waals surface area contributed by atoms with Crippen molar-refractivity contribution in [2.24, 2.45) is 0 Å². The van der Waals surface area contributed by atoms with Crippen LogP contribution in [0.3, 0.4) is 0 Å². The van der Waals surface area contributed by atoms with E-state index in [9.17, 15) is 14.4 Å². The number of nitrogens with one attached hydrogen (secondary N) is 2. The number of hydrogen-bond acceptors (Lipinski definition) is 4. The van der Waals surface area contributed by atoms with E-state index in [-0.39, 0.29) is 6.42 Å². The maximum atomic E-state index is 12.4. The summed E-state index contributed by atoms with van der Waals surface area (Å²) in [7, 11) is 1.23. The van der Waals surface area contributed by atoms with Crippen molar-refractivity contribution in [3.05, 3.63) is 66.2 Å². The average Bonchev–Trinajstić information content (AvgIpc) is 2.62. The van der Waals surface area contributed by atoms with Crippen LogP contribution in [0, 0.1) is 0 Å². The highest BCUT2D eigenvalue weighted by atomic mass is 16.5. The molecule has 0 aliphatic rings. The number of benzene rings is 2. The molecule has 24 heavy (non-hydrogen) atoms. The predicted molar refractivity (Wildman–Crippen MR) is 89.4 cm³/mol. The van der Waals surface area contributed by atoms with Crippen LogP contribution in [0.2, 0.25) is 0 Å². The standard InChI is InChI=1S/C18H18N2O4/c1-24-16(21)12-15(18(23)19-14-10-6-3-7-11-14)20-17(22)13-8-4-2-5-9-13/h2-11,15H,12H2,1H3,(H,19,23)(H,20,22)/t15-/m0/s1. The first kappa shape index (κ1) is 17.2. The smallest absolute Gasteiger partial charge is 0.308 e. The molecule has 0 aromatic heterocycles. The van der Waals surface area contributed by atoms with Crippen LogP contribution in [0.1, 0.15) is 16.8 Å². The zero-order valence-electron chi connectivity index (χ0n) is 13.2. The lowest BCUT2D eigenvalue weighted by Crippen LogP contribution is -2.45. The molecule has 0 radical (unpaired) electrons. The molecular formula is C18H18N2O4. The van der Waals surface area contributed by atoms with Gasteiger partial charge in [0.1, 0.15) is 6.04 Å². The number of carbonyl (C=O) groups is 3. The number of carbonyl (C=O) groups excluding carboxylic acids is 3. The summed E-state index contributed by atoms with van der Waals surface area (Å²) in [5.74, 6) is -1.51. The first-order valence-electron chi connectivity index (χ1n) is 7.39. The third kappa shape index (κ3) is 4.95. The Kier molecular flexibility index (Phi) is 6.08. The highest BCUT2D eigenvalue weighted by Gasteiger charge is 2.25. The van der Waals surface area contributed by atoms with Crippen molar-refractivity contribution >= 4 is 23.5 Å². The molecule has 0 spiro atoms. The van der Waals surface area contributed by atoms with Crippen LogP contribution in [0.4, 0.5) is 5.69 Å². The maximum Gasteiger partial charge on any atom is 0.308 e. The van der Waals surface area contributed by atoms with Gasteiger partial charge in [0.25, 0.3) is 5.91 Å². The summed E-state index contributed by atoms with van der Waals surface area (Å²) >= 11 is 0. The minimum Gasteiger partial charge on any atom is -0.469 e. The van der Waals surface area contributed by atoms with E-state index >= 15 is 0 Å². The van der Waals surface area contributed by atoms with Crippen molar-refractivity contribution in [1.82, 2.24) is 5.32 Å². The summed E-state index contributed by atoms with van der Waals surface area (Å²) in [5.41, 5.74) is 0.978. The van der Waals surface area contributed by atoms with E-state index in [1.165, 1.54) is 7.11 Å². The number of esters is 1. The second kappa shape index (κ2) is 8.47. The molecule has 0 fully saturated rings. The van der Waals surface area contributed by atoms with Crippen molar-refractivity contribution in [3.8, 4) is 0 Å². The van der Waals surface area contributed by atoms with Crippen molar-refractivity contribution in [1.29, 1.82) is 0 Å². The molecule has 0 heterocycles. The fraction of sp³-hybridized carbons (Fsp3) is 0.167. The highest BCUT2D eigenvalue weighted by molar-refractivity contribution is 6.02. The normalized spacial score (nSPS) is 11.2. The van der Waals surface area contributed by atoms with Gasteiger partial charge in [0, 0.05) is 11.3 Å². The van der Waals surface area contributed by atoms with Crippen LogP contribution in [0.15, 0.2) is 60.7 Å². The van der Waals surface area contributed by atoms with Gasteiger partial charge in [-0.15, -0.1) is 0 Å². The van der Waals surface area contributed by atoms with Crippen molar-refractivity contribution in [3.63, 3.8) is 0 Å². The molecule has 2 aromatic carbocycles. The summed E-state index contributed by atoms with van der Waals surface area (Å²) in [6.07, 6.45) is -0.256. The van der Waals surface area contributed by atoms with Crippen LogP contribution in [0.25, 0.3) is 0 Å². The summed E-state index contributed by atoms with van der Waals surface area (Å²) in [5, 5.41) is 5.23. The Hall–Kier alpha value is -3.15. The van der Waals surface area contributed by atoms with Crippen molar-refractivity contribution in [2.75, 3.05) is 12.4 Å². The van der Waals surface area contributed by atoms with Crippen molar-refractivity contribution < 1.29 is 19.1 Å². The zero-order valence-corrected chi connectivity index (χ0v) is 13.2. The van der Waals surface area contributed by atoms with Crippen LogP contribution in [0.5, 0.6) is 0 Å². The molecule has 2 amide bonds. The molecule has 0 aliphatic carbocycles. The average molecular weight is 326 g/mol. The topological polar surface area (TPSA) is 84.5 Å². The molecule has 0 bridgehead atoms. The number of para-hydroxylation sites is 1. The van der Waals surface area contributed by atoms with Gasteiger partial charge in [-0.2, -0.15) is 0 Å². The van der Waals surface area contributed by atoms with Gasteiger partial charge < -0.3 is 15.4 Å². The van der Waals surface area contributed by atoms with Gasteiger partial charge >= 0.3 is 5.97 Å². The van der Waals surface area contributed by atoms with Crippen LogP contribution < -0.4 is 10.6 Å². The number of amides is 2. The van der Waals surface area contributed by atoms with Crippen LogP contribution in [-0.2, 0) is 14.3 Å². The lowest BCUT2D eigenvalue weighted by molar-refractivity contribution is -0.142. The molecule has 0 aliphatic heterocycles. The molecule has 124 valence electrons. The fourth-order valence-electron chi connectivity index (χ4n) is 2.04. The summed E-state index contributed by atoms with van der Waals surface area (Å²) < 4.78 is 4.60. The Morgan fingerprint density at radius 2 is 1.54 bits per heavy atom. The van der Waals surface area contributed by atoms with E-state index in [0.29, 0.717) is 11.3 Å². The predicted octanol–water partition coefficient (Wildman–Crippen LogP) is 1.99. The van der Waals surface area contributed by atoms with Crippen LogP contribution >= 0.6 is 0 Å². The molecule has 2 rings (SSSR count). The van der Waals surface area contributed by atoms with Gasteiger partial charge in [-0.25, -0.2) is 0 Å². The second-order valence-corrected chi connectivity index (χ2v) is 5.03. The van der Waals surface area contributed by atoms with Gasteiger partial charge in [0.2, 0.25) is 5.91 Å². The highest BCUT2D eigenvalue weighted by Crippen LogP contribution is 2.08. The molecule has 6 nitrogen and oxygen atoms in total. The van der Waals surface area contributed by atoms with Gasteiger partial charge in [-0.1, -0.05) is 36.4 Å². The van der Waals surface area contributed by atoms with Gasteiger partial charge in [0.05, 0.1) is 13.5 Å². The lowest BCUT2D eigenvalue weighted by atomic mass is 10.1. The third-order valence-corrected chi connectivity index (χ3v) is 3.30. The van der Waals surface area contributed by atoms with Crippen LogP contribution in [-0.4, -0.2) is 30.9 Å². The monoisotopic (exact) mass is 326 g/mol. The maximum absolute atomic E-state index is 12.4. The molecule has 1 atom stereocenters. The quantitative estimate of drug-likeness (QED) is 0.795. The molecule has 0 saturated carbocycles. The Labute approximate surface area is 139 Å². The lowest BCUT2D eigenvalue weighted by Gasteiger charge is -2.17. The molecule has 0 saturated heterocycles. The largest absolute Gasteiger partial charge is 0.469 e. The summed E-state index contributed by atoms with van der Waals surface area (Å²) in [4.78, 5) is 36.2. The van der Waals surface area contributed by atoms with E-state index in [0.717, 1.165) is 0 Å². The van der Waals surface area contributed by atoms with E-state index < -0.39 is 23.8 Å². The molecular weight excluding hydrogens is 308 g/mol. The first-order valence-corrected chi connectivity index (χ1v) is 7.39. The van der Waals surface area contributed by atoms with E-state index in [4.69, 9.17) is 0 Å². The zero-order chi connectivity index (χ0) is 17.4. The van der Waals surface area contributed by atoms with E-state index in [1.54, 1.807) is 54.6 Å². The minimum absolute atomic E-state index is 0.256. The SMILES string of the molecule is COC(=O)C[C@H](NC(=O)c1ccccc1)C(=O)Nc1ccccc1. The van der Waals surface area contributed by atoms with Crippen molar-refractivity contribution in [2.45, 2.75) is 12.5 Å². The van der Waals surface area contributed by atoms with Gasteiger partial charge in [0.15, 0.2) is 0 Å². The fourth-order valence-corrected chi connectivity index (χ4v) is 2.04. The molecule has 0 unspecified atom stereocenters. The molecule has 6 heteroatoms. The number of hydrogen-bond donors (Lipinski definition) is 2. The Morgan fingerprint density at radius 3 is 2.12 bits per heavy atom. The second-order valence-electron chi connectivity index (χ2n) is 5.03. The summed E-state index contributed by atoms with van der Waals surface area (Å²) in [6, 6.07) is 16.2. The molecule has 2 N–H and O–H groups in total. The Morgan fingerprint density at radius 1 is 0.958 bits per heavy atom. The van der Waals surface area contributed by atoms with E-state index in [1.807, 2.05) is 6.07 Å². The van der Waals surface area contributed by atoms with Gasteiger partial charge in [-0.3, -0.25) is 14.4 Å². The Bertz CT molecular complexity index is 701. The van der Waals surface area contributed by atoms with Gasteiger partial charge in [-0.05, 0) is 24.3 Å².